The van der Waals surface area contributed by atoms with Gasteiger partial charge in [0.05, 0.1) is 29.8 Å². The number of aromatic nitrogens is 1. The summed E-state index contributed by atoms with van der Waals surface area (Å²) in [5.41, 5.74) is -0.344. The van der Waals surface area contributed by atoms with Crippen LogP contribution in [0.3, 0.4) is 0 Å². The van der Waals surface area contributed by atoms with E-state index in [1.54, 1.807) is 39.0 Å². The van der Waals surface area contributed by atoms with Gasteiger partial charge in [-0.3, -0.25) is 4.79 Å². The van der Waals surface area contributed by atoms with E-state index in [1.165, 1.54) is 22.9 Å². The number of carbonyl (C=O) groups is 1. The lowest BCUT2D eigenvalue weighted by atomic mass is 9.85. The molecule has 0 aliphatic carbocycles. The number of nitrogens with zero attached hydrogens (tertiary/aromatic N) is 2. The second-order valence-electron chi connectivity index (χ2n) is 6.84. The van der Waals surface area contributed by atoms with Crippen LogP contribution in [-0.2, 0) is 4.74 Å². The average molecular weight is 368 g/mol. The molecule has 1 aromatic heterocycles. The summed E-state index contributed by atoms with van der Waals surface area (Å²) in [7, 11) is 0. The minimum atomic E-state index is -1.05. The van der Waals surface area contributed by atoms with Gasteiger partial charge >= 0.3 is 5.97 Å². The number of carbonyl (C=O) groups excluding carboxylic acids is 1. The van der Waals surface area contributed by atoms with Crippen LogP contribution in [0.1, 0.15) is 48.3 Å². The van der Waals surface area contributed by atoms with E-state index in [9.17, 15) is 20.0 Å². The molecule has 0 bridgehead atoms. The van der Waals surface area contributed by atoms with Crippen LogP contribution in [0.25, 0.3) is 0 Å². The number of nitriles is 1. The number of pyridine rings is 1. The SMILES string of the molecule is CCOC(=O)c1ccn([C@H]2c3cc(C#N)ccc3OC(C)(C)[C@@H]2O)c(=O)c1. The lowest BCUT2D eigenvalue weighted by Crippen LogP contribution is -2.52. The summed E-state index contributed by atoms with van der Waals surface area (Å²) in [5.74, 6) is -0.0857. The molecule has 1 aromatic carbocycles. The Morgan fingerprint density at radius 3 is 2.74 bits per heavy atom. The number of hydrogen-bond donors (Lipinski definition) is 1. The van der Waals surface area contributed by atoms with Crippen LogP contribution in [0.4, 0.5) is 0 Å². The predicted molar refractivity (Wildman–Crippen MR) is 96.7 cm³/mol. The van der Waals surface area contributed by atoms with Gasteiger partial charge in [-0.25, -0.2) is 4.79 Å². The summed E-state index contributed by atoms with van der Waals surface area (Å²) in [6.07, 6.45) is 0.400. The minimum Gasteiger partial charge on any atom is -0.485 e. The van der Waals surface area contributed by atoms with E-state index in [0.29, 0.717) is 16.9 Å². The monoisotopic (exact) mass is 368 g/mol. The molecule has 0 radical (unpaired) electrons. The second kappa shape index (κ2) is 6.89. The molecular weight excluding hydrogens is 348 g/mol. The molecule has 0 amide bonds. The van der Waals surface area contributed by atoms with Gasteiger partial charge in [0.1, 0.15) is 17.5 Å². The molecule has 0 saturated carbocycles. The fourth-order valence-electron chi connectivity index (χ4n) is 3.20. The Kier molecular flexibility index (Phi) is 4.77. The van der Waals surface area contributed by atoms with Gasteiger partial charge in [-0.2, -0.15) is 5.26 Å². The van der Waals surface area contributed by atoms with Gasteiger partial charge in [-0.1, -0.05) is 0 Å². The molecule has 3 rings (SSSR count). The minimum absolute atomic E-state index is 0.143. The molecule has 0 spiro atoms. The maximum absolute atomic E-state index is 12.7. The van der Waals surface area contributed by atoms with Crippen molar-refractivity contribution in [3.63, 3.8) is 0 Å². The number of aliphatic hydroxyl groups excluding tert-OH is 1. The fourth-order valence-corrected chi connectivity index (χ4v) is 3.20. The number of benzene rings is 1. The molecule has 1 aliphatic heterocycles. The van der Waals surface area contributed by atoms with Crippen molar-refractivity contribution in [1.82, 2.24) is 4.57 Å². The molecule has 2 aromatic rings. The van der Waals surface area contributed by atoms with Gasteiger partial charge in [0.15, 0.2) is 0 Å². The van der Waals surface area contributed by atoms with E-state index < -0.39 is 29.3 Å². The Labute approximate surface area is 156 Å². The number of rotatable bonds is 3. The molecule has 140 valence electrons. The number of hydrogen-bond acceptors (Lipinski definition) is 6. The summed E-state index contributed by atoms with van der Waals surface area (Å²) >= 11 is 0. The highest BCUT2D eigenvalue weighted by Gasteiger charge is 2.44. The Balaban J connectivity index is 2.14. The van der Waals surface area contributed by atoms with Gasteiger partial charge in [0.25, 0.3) is 5.56 Å². The van der Waals surface area contributed by atoms with E-state index in [4.69, 9.17) is 9.47 Å². The lowest BCUT2D eigenvalue weighted by Gasteiger charge is -2.42. The van der Waals surface area contributed by atoms with Gasteiger partial charge in [0.2, 0.25) is 0 Å². The van der Waals surface area contributed by atoms with Crippen molar-refractivity contribution in [3.8, 4) is 11.8 Å². The summed E-state index contributed by atoms with van der Waals surface area (Å²) in [6, 6.07) is 8.83. The first-order valence-electron chi connectivity index (χ1n) is 8.59. The lowest BCUT2D eigenvalue weighted by molar-refractivity contribution is -0.0643. The summed E-state index contributed by atoms with van der Waals surface area (Å²) < 4.78 is 12.1. The summed E-state index contributed by atoms with van der Waals surface area (Å²) in [5, 5.41) is 20.1. The molecule has 2 atom stereocenters. The Morgan fingerprint density at radius 1 is 1.37 bits per heavy atom. The zero-order valence-corrected chi connectivity index (χ0v) is 15.3. The second-order valence-corrected chi connectivity index (χ2v) is 6.84. The van der Waals surface area contributed by atoms with E-state index in [1.807, 2.05) is 0 Å². The molecule has 7 nitrogen and oxygen atoms in total. The van der Waals surface area contributed by atoms with E-state index in [0.717, 1.165) is 0 Å². The number of fused-ring (bicyclic) bond motifs is 1. The van der Waals surface area contributed by atoms with Crippen molar-refractivity contribution in [1.29, 1.82) is 5.26 Å². The van der Waals surface area contributed by atoms with Crippen molar-refractivity contribution >= 4 is 5.97 Å². The van der Waals surface area contributed by atoms with Crippen LogP contribution in [0.2, 0.25) is 0 Å². The normalized spacial score (nSPS) is 20.1. The zero-order valence-electron chi connectivity index (χ0n) is 15.3. The molecule has 2 heterocycles. The molecule has 0 unspecified atom stereocenters. The number of ether oxygens (including phenoxy) is 2. The number of esters is 1. The highest BCUT2D eigenvalue weighted by Crippen LogP contribution is 2.41. The maximum atomic E-state index is 12.7. The third-order valence-corrected chi connectivity index (χ3v) is 4.60. The van der Waals surface area contributed by atoms with E-state index in [2.05, 4.69) is 6.07 Å². The summed E-state index contributed by atoms with van der Waals surface area (Å²) in [6.45, 7) is 5.34. The topological polar surface area (TPSA) is 102 Å². The van der Waals surface area contributed by atoms with Crippen LogP contribution < -0.4 is 10.3 Å². The first-order valence-corrected chi connectivity index (χ1v) is 8.59. The van der Waals surface area contributed by atoms with Crippen LogP contribution in [0.5, 0.6) is 5.75 Å². The van der Waals surface area contributed by atoms with Crippen molar-refractivity contribution in [2.75, 3.05) is 6.61 Å². The van der Waals surface area contributed by atoms with Gasteiger partial charge in [-0.05, 0) is 45.0 Å². The Morgan fingerprint density at radius 2 is 2.11 bits per heavy atom. The van der Waals surface area contributed by atoms with E-state index >= 15 is 0 Å². The molecular formula is C20H20N2O5. The Bertz CT molecular complexity index is 987. The highest BCUT2D eigenvalue weighted by molar-refractivity contribution is 5.89. The fraction of sp³-hybridized carbons (Fsp3) is 0.350. The zero-order chi connectivity index (χ0) is 19.8. The van der Waals surface area contributed by atoms with Crippen LogP contribution in [0, 0.1) is 11.3 Å². The smallest absolute Gasteiger partial charge is 0.338 e. The Hall–Kier alpha value is -3.11. The van der Waals surface area contributed by atoms with Gasteiger partial charge in [-0.15, -0.1) is 0 Å². The van der Waals surface area contributed by atoms with Gasteiger partial charge < -0.3 is 19.1 Å². The molecule has 27 heavy (non-hydrogen) atoms. The highest BCUT2D eigenvalue weighted by atomic mass is 16.5. The molecule has 7 heteroatoms. The first kappa shape index (κ1) is 18.7. The standard InChI is InChI=1S/C20H20N2O5/c1-4-26-19(25)13-7-8-22(16(23)10-13)17-14-9-12(11-21)5-6-15(14)27-20(2,3)18(17)24/h5-10,17-18,24H,4H2,1-3H3/t17-,18+/m0/s1. The van der Waals surface area contributed by atoms with Crippen LogP contribution >= 0.6 is 0 Å². The molecule has 0 saturated heterocycles. The largest absolute Gasteiger partial charge is 0.485 e. The summed E-state index contributed by atoms with van der Waals surface area (Å²) in [4.78, 5) is 24.6. The van der Waals surface area contributed by atoms with Crippen molar-refractivity contribution in [3.05, 3.63) is 63.6 Å². The molecule has 1 N–H and O–H groups in total. The first-order chi connectivity index (χ1) is 12.8. The van der Waals surface area contributed by atoms with Gasteiger partial charge in [0, 0.05) is 17.8 Å². The maximum Gasteiger partial charge on any atom is 0.338 e. The van der Waals surface area contributed by atoms with E-state index in [-0.39, 0.29) is 12.2 Å². The number of aliphatic hydroxyl groups is 1. The molecule has 0 fully saturated rings. The quantitative estimate of drug-likeness (QED) is 0.832. The van der Waals surface area contributed by atoms with Crippen LogP contribution in [-0.4, -0.2) is 34.0 Å². The predicted octanol–water partition coefficient (Wildman–Crippen LogP) is 2.02. The third kappa shape index (κ3) is 3.32. The van der Waals surface area contributed by atoms with Crippen LogP contribution in [0.15, 0.2) is 41.3 Å². The molecule has 1 aliphatic rings. The third-order valence-electron chi connectivity index (χ3n) is 4.60. The van der Waals surface area contributed by atoms with Crippen molar-refractivity contribution in [2.45, 2.75) is 38.5 Å². The van der Waals surface area contributed by atoms with Crippen molar-refractivity contribution < 1.29 is 19.4 Å². The van der Waals surface area contributed by atoms with Crippen molar-refractivity contribution in [2.24, 2.45) is 0 Å². The average Bonchev–Trinajstić information content (AvgIpc) is 2.63.